The van der Waals surface area contributed by atoms with E-state index in [-0.39, 0.29) is 11.4 Å². The number of nitrogens with zero attached hydrogens (tertiary/aromatic N) is 5. The third-order valence-corrected chi connectivity index (χ3v) is 5.60. The summed E-state index contributed by atoms with van der Waals surface area (Å²) in [4.78, 5) is 25.1. The van der Waals surface area contributed by atoms with Gasteiger partial charge in [0.05, 0.1) is 6.20 Å². The topological polar surface area (TPSA) is 53.7 Å². The van der Waals surface area contributed by atoms with Gasteiger partial charge >= 0.3 is 6.03 Å². The van der Waals surface area contributed by atoms with E-state index in [2.05, 4.69) is 16.9 Å². The molecule has 2 amide bonds. The number of aromatic nitrogens is 3. The normalized spacial score (nSPS) is 28.3. The molecule has 6 nitrogen and oxygen atoms in total. The lowest BCUT2D eigenvalue weighted by molar-refractivity contribution is 0.0593. The number of hydrogen-bond acceptors (Lipinski definition) is 3. The SMILES string of the molecule is CN1CCC2CCC(C)(c3ncc4c(Cl)nccn34)CN2C1=O. The van der Waals surface area contributed by atoms with E-state index >= 15 is 0 Å². The molecular weight excluding hydrogens is 314 g/mol. The molecule has 2 fully saturated rings. The van der Waals surface area contributed by atoms with Gasteiger partial charge < -0.3 is 9.80 Å². The van der Waals surface area contributed by atoms with Crippen LogP contribution in [0.5, 0.6) is 0 Å². The largest absolute Gasteiger partial charge is 0.328 e. The molecule has 0 radical (unpaired) electrons. The van der Waals surface area contributed by atoms with E-state index in [9.17, 15) is 4.79 Å². The first-order valence-electron chi connectivity index (χ1n) is 7.99. The van der Waals surface area contributed by atoms with Gasteiger partial charge in [-0.15, -0.1) is 0 Å². The van der Waals surface area contributed by atoms with Crippen LogP contribution in [0.15, 0.2) is 18.6 Å². The van der Waals surface area contributed by atoms with Gasteiger partial charge in [0.25, 0.3) is 0 Å². The van der Waals surface area contributed by atoms with Crippen LogP contribution in [-0.2, 0) is 5.41 Å². The van der Waals surface area contributed by atoms with Crippen LogP contribution in [0.2, 0.25) is 5.15 Å². The molecule has 0 aliphatic carbocycles. The summed E-state index contributed by atoms with van der Waals surface area (Å²) in [6.07, 6.45) is 8.44. The maximum atomic E-state index is 12.5. The van der Waals surface area contributed by atoms with Crippen LogP contribution in [0.3, 0.4) is 0 Å². The number of imidazole rings is 1. The lowest BCUT2D eigenvalue weighted by atomic mass is 9.77. The van der Waals surface area contributed by atoms with Crippen molar-refractivity contribution < 1.29 is 4.79 Å². The fraction of sp³-hybridized carbons (Fsp3) is 0.562. The van der Waals surface area contributed by atoms with E-state index in [1.807, 2.05) is 27.4 Å². The van der Waals surface area contributed by atoms with Crippen molar-refractivity contribution in [2.45, 2.75) is 37.6 Å². The third kappa shape index (κ3) is 2.19. The lowest BCUT2D eigenvalue weighted by Gasteiger charge is -2.48. The highest BCUT2D eigenvalue weighted by molar-refractivity contribution is 6.32. The zero-order valence-corrected chi connectivity index (χ0v) is 14.1. The highest BCUT2D eigenvalue weighted by Crippen LogP contribution is 2.38. The van der Waals surface area contributed by atoms with Gasteiger partial charge in [-0.3, -0.25) is 4.40 Å². The highest BCUT2D eigenvalue weighted by atomic mass is 35.5. The van der Waals surface area contributed by atoms with Crippen molar-refractivity contribution in [2.24, 2.45) is 0 Å². The number of rotatable bonds is 1. The number of carbonyl (C=O) groups is 1. The van der Waals surface area contributed by atoms with Crippen molar-refractivity contribution in [1.82, 2.24) is 24.2 Å². The number of piperidine rings is 1. The molecule has 23 heavy (non-hydrogen) atoms. The average molecular weight is 334 g/mol. The molecule has 0 bridgehead atoms. The van der Waals surface area contributed by atoms with Crippen LogP contribution in [0.4, 0.5) is 4.79 Å². The summed E-state index contributed by atoms with van der Waals surface area (Å²) < 4.78 is 2.01. The van der Waals surface area contributed by atoms with Gasteiger partial charge in [0.2, 0.25) is 0 Å². The molecular formula is C16H20ClN5O. The molecule has 0 N–H and O–H groups in total. The first-order chi connectivity index (χ1) is 11.0. The molecule has 4 heterocycles. The predicted octanol–water partition coefficient (Wildman–Crippen LogP) is 2.56. The van der Waals surface area contributed by atoms with E-state index in [4.69, 9.17) is 11.6 Å². The van der Waals surface area contributed by atoms with Crippen molar-refractivity contribution in [1.29, 1.82) is 0 Å². The van der Waals surface area contributed by atoms with Crippen molar-refractivity contribution in [2.75, 3.05) is 20.1 Å². The molecule has 2 aliphatic heterocycles. The molecule has 4 rings (SSSR count). The zero-order chi connectivity index (χ0) is 16.2. The summed E-state index contributed by atoms with van der Waals surface area (Å²) in [6.45, 7) is 3.73. The molecule has 2 aromatic rings. The van der Waals surface area contributed by atoms with Gasteiger partial charge in [0.15, 0.2) is 5.15 Å². The quantitative estimate of drug-likeness (QED) is 0.806. The van der Waals surface area contributed by atoms with Crippen molar-refractivity contribution in [3.05, 3.63) is 29.6 Å². The van der Waals surface area contributed by atoms with Gasteiger partial charge in [-0.25, -0.2) is 14.8 Å². The van der Waals surface area contributed by atoms with Crippen molar-refractivity contribution in [3.63, 3.8) is 0 Å². The molecule has 2 saturated heterocycles. The van der Waals surface area contributed by atoms with Crippen molar-refractivity contribution in [3.8, 4) is 0 Å². The van der Waals surface area contributed by atoms with Gasteiger partial charge in [0, 0.05) is 44.0 Å². The van der Waals surface area contributed by atoms with Crippen LogP contribution >= 0.6 is 11.6 Å². The fourth-order valence-corrected chi connectivity index (χ4v) is 4.13. The molecule has 122 valence electrons. The second-order valence-electron chi connectivity index (χ2n) is 6.93. The van der Waals surface area contributed by atoms with Crippen LogP contribution < -0.4 is 0 Å². The minimum atomic E-state index is -0.179. The zero-order valence-electron chi connectivity index (χ0n) is 13.4. The van der Waals surface area contributed by atoms with Gasteiger partial charge in [-0.05, 0) is 19.3 Å². The molecule has 0 aromatic carbocycles. The summed E-state index contributed by atoms with van der Waals surface area (Å²) in [5, 5.41) is 0.456. The Morgan fingerprint density at radius 2 is 2.17 bits per heavy atom. The summed E-state index contributed by atoms with van der Waals surface area (Å²) >= 11 is 6.16. The Bertz CT molecular complexity index is 775. The maximum absolute atomic E-state index is 12.5. The van der Waals surface area contributed by atoms with E-state index in [0.29, 0.717) is 17.7 Å². The molecule has 7 heteroatoms. The van der Waals surface area contributed by atoms with Crippen LogP contribution in [-0.4, -0.2) is 56.4 Å². The first kappa shape index (κ1) is 14.8. The number of hydrogen-bond donors (Lipinski definition) is 0. The fourth-order valence-electron chi connectivity index (χ4n) is 3.93. The van der Waals surface area contributed by atoms with E-state index in [0.717, 1.165) is 37.1 Å². The van der Waals surface area contributed by atoms with E-state index < -0.39 is 0 Å². The molecule has 2 unspecified atom stereocenters. The van der Waals surface area contributed by atoms with Crippen LogP contribution in [0.25, 0.3) is 5.52 Å². The Labute approximate surface area is 140 Å². The Hall–Kier alpha value is -1.82. The van der Waals surface area contributed by atoms with E-state index in [1.165, 1.54) is 0 Å². The molecule has 2 aliphatic rings. The number of urea groups is 1. The van der Waals surface area contributed by atoms with Gasteiger partial charge in [0.1, 0.15) is 11.3 Å². The van der Waals surface area contributed by atoms with Gasteiger partial charge in [-0.1, -0.05) is 18.5 Å². The van der Waals surface area contributed by atoms with Crippen LogP contribution in [0, 0.1) is 0 Å². The third-order valence-electron chi connectivity index (χ3n) is 5.31. The standard InChI is InChI=1S/C16H20ClN5O/c1-16(14-19-9-12-13(17)18-6-8-21(12)14)5-3-11-4-7-20(2)15(23)22(11)10-16/h6,8-9,11H,3-5,7,10H2,1-2H3. The smallest absolute Gasteiger partial charge is 0.320 e. The average Bonchev–Trinajstić information content (AvgIpc) is 2.98. The monoisotopic (exact) mass is 333 g/mol. The Morgan fingerprint density at radius 1 is 1.35 bits per heavy atom. The summed E-state index contributed by atoms with van der Waals surface area (Å²) in [5.74, 6) is 0.955. The van der Waals surface area contributed by atoms with E-state index in [1.54, 1.807) is 12.4 Å². The highest BCUT2D eigenvalue weighted by Gasteiger charge is 2.44. The number of halogens is 1. The summed E-state index contributed by atoms with van der Waals surface area (Å²) in [5.41, 5.74) is 0.635. The molecule has 2 aromatic heterocycles. The summed E-state index contributed by atoms with van der Waals surface area (Å²) in [6, 6.07) is 0.496. The maximum Gasteiger partial charge on any atom is 0.320 e. The predicted molar refractivity (Wildman–Crippen MR) is 87.7 cm³/mol. The molecule has 0 spiro atoms. The minimum Gasteiger partial charge on any atom is -0.328 e. The van der Waals surface area contributed by atoms with Crippen molar-refractivity contribution >= 4 is 23.1 Å². The number of amides is 2. The Kier molecular flexibility index (Phi) is 3.27. The van der Waals surface area contributed by atoms with Gasteiger partial charge in [-0.2, -0.15) is 0 Å². The Morgan fingerprint density at radius 3 is 3.00 bits per heavy atom. The van der Waals surface area contributed by atoms with Crippen LogP contribution in [0.1, 0.15) is 32.0 Å². The minimum absolute atomic E-state index is 0.132. The second-order valence-corrected chi connectivity index (χ2v) is 7.29. The number of carbonyl (C=O) groups excluding carboxylic acids is 1. The number of fused-ring (bicyclic) bond motifs is 2. The summed E-state index contributed by atoms with van der Waals surface area (Å²) in [7, 11) is 1.88. The Balaban J connectivity index is 1.73. The second kappa shape index (κ2) is 5.09. The molecule has 0 saturated carbocycles. The lowest BCUT2D eigenvalue weighted by Crippen LogP contribution is -2.59. The molecule has 2 atom stereocenters. The first-order valence-corrected chi connectivity index (χ1v) is 8.37.